The van der Waals surface area contributed by atoms with E-state index in [1.807, 2.05) is 0 Å². The second kappa shape index (κ2) is 5.03. The summed E-state index contributed by atoms with van der Waals surface area (Å²) in [6.45, 7) is 0. The van der Waals surface area contributed by atoms with Crippen molar-refractivity contribution in [3.05, 3.63) is 34.9 Å². The molecule has 0 bridgehead atoms. The molecule has 0 aliphatic rings. The molecule has 1 rings (SSSR count). The lowest BCUT2D eigenvalue weighted by atomic mass is 10.1. The smallest absolute Gasteiger partial charge is 0.315 e. The first-order valence-electron chi connectivity index (χ1n) is 4.19. The zero-order chi connectivity index (χ0) is 12.1. The lowest BCUT2D eigenvalue weighted by Gasteiger charge is -1.97. The second-order valence-electron chi connectivity index (χ2n) is 2.84. The maximum atomic E-state index is 13.0. The number of carbonyl (C=O) groups excluding carboxylic acids is 1. The Labute approximate surface area is 89.7 Å². The van der Waals surface area contributed by atoms with E-state index in [0.717, 1.165) is 12.1 Å². The zero-order valence-electron chi connectivity index (χ0n) is 7.96. The van der Waals surface area contributed by atoms with Crippen LogP contribution in [0, 0.1) is 23.5 Å². The van der Waals surface area contributed by atoms with E-state index in [1.165, 1.54) is 0 Å². The molecule has 0 saturated heterocycles. The molecule has 1 aromatic rings. The molecule has 0 radical (unpaired) electrons. The van der Waals surface area contributed by atoms with Gasteiger partial charge in [-0.2, -0.15) is 0 Å². The minimum atomic E-state index is -1.13. The lowest BCUT2D eigenvalue weighted by molar-refractivity contribution is -0.135. The van der Waals surface area contributed by atoms with Gasteiger partial charge in [0.05, 0.1) is 5.56 Å². The number of benzene rings is 1. The summed E-state index contributed by atoms with van der Waals surface area (Å²) in [6.07, 6.45) is -0.349. The molecule has 0 atom stereocenters. The lowest BCUT2D eigenvalue weighted by Crippen LogP contribution is -1.95. The first-order chi connectivity index (χ1) is 7.54. The Morgan fingerprint density at radius 3 is 2.38 bits per heavy atom. The van der Waals surface area contributed by atoms with Gasteiger partial charge in [0.1, 0.15) is 18.1 Å². The van der Waals surface area contributed by atoms with Gasteiger partial charge in [-0.05, 0) is 12.1 Å². The molecule has 0 aliphatic carbocycles. The number of carboxylic acid groups (broad SMARTS) is 1. The van der Waals surface area contributed by atoms with Crippen molar-refractivity contribution in [2.45, 2.75) is 6.42 Å². The Morgan fingerprint density at radius 2 is 1.94 bits per heavy atom. The van der Waals surface area contributed by atoms with Crippen molar-refractivity contribution in [2.75, 3.05) is 0 Å². The Balaban J connectivity index is 3.03. The highest BCUT2D eigenvalue weighted by atomic mass is 19.1. The van der Waals surface area contributed by atoms with E-state index < -0.39 is 29.6 Å². The van der Waals surface area contributed by atoms with Crippen LogP contribution in [-0.2, 0) is 4.79 Å². The Bertz CT molecular complexity index is 475. The number of hydrogen-bond acceptors (Lipinski definition) is 2. The maximum Gasteiger partial charge on any atom is 0.315 e. The van der Waals surface area contributed by atoms with Crippen LogP contribution in [-0.4, -0.2) is 17.4 Å². The molecule has 0 saturated carbocycles. The highest BCUT2D eigenvalue weighted by Crippen LogP contribution is 2.12. The number of carboxylic acids is 1. The Morgan fingerprint density at radius 1 is 1.38 bits per heavy atom. The average Bonchev–Trinajstić information content (AvgIpc) is 2.16. The third kappa shape index (κ3) is 2.89. The maximum absolute atomic E-state index is 13.0. The van der Waals surface area contributed by atoms with Gasteiger partial charge in [0.15, 0.2) is 6.29 Å². The zero-order valence-corrected chi connectivity index (χ0v) is 7.96. The van der Waals surface area contributed by atoms with Gasteiger partial charge >= 0.3 is 5.97 Å². The van der Waals surface area contributed by atoms with Crippen molar-refractivity contribution < 1.29 is 23.5 Å². The van der Waals surface area contributed by atoms with Gasteiger partial charge in [-0.25, -0.2) is 8.78 Å². The van der Waals surface area contributed by atoms with Crippen molar-refractivity contribution in [3.63, 3.8) is 0 Å². The van der Waals surface area contributed by atoms with Crippen molar-refractivity contribution >= 4 is 12.3 Å². The number of carbonyl (C=O) groups is 2. The topological polar surface area (TPSA) is 54.4 Å². The van der Waals surface area contributed by atoms with Crippen LogP contribution in [0.25, 0.3) is 0 Å². The predicted octanol–water partition coefficient (Wildman–Crippen LogP) is 1.60. The molecule has 16 heavy (non-hydrogen) atoms. The molecular weight excluding hydrogens is 218 g/mol. The molecule has 0 amide bonds. The number of hydrogen-bond donors (Lipinski definition) is 1. The van der Waals surface area contributed by atoms with E-state index in [0.29, 0.717) is 0 Å². The molecule has 82 valence electrons. The monoisotopic (exact) mass is 224 g/mol. The fraction of sp³-hybridized carbons (Fsp3) is 0.0909. The highest BCUT2D eigenvalue weighted by Gasteiger charge is 2.08. The molecule has 5 heteroatoms. The largest absolute Gasteiger partial charge is 0.481 e. The molecule has 1 aromatic carbocycles. The summed E-state index contributed by atoms with van der Waals surface area (Å²) < 4.78 is 26.1. The van der Waals surface area contributed by atoms with Crippen molar-refractivity contribution in [1.82, 2.24) is 0 Å². The minimum Gasteiger partial charge on any atom is -0.481 e. The van der Waals surface area contributed by atoms with Gasteiger partial charge in [-0.15, -0.1) is 0 Å². The number of rotatable bonds is 2. The van der Waals surface area contributed by atoms with Crippen LogP contribution in [0.2, 0.25) is 0 Å². The molecule has 0 spiro atoms. The van der Waals surface area contributed by atoms with Gasteiger partial charge in [0.25, 0.3) is 0 Å². The minimum absolute atomic E-state index is 0.0122. The molecule has 0 heterocycles. The van der Waals surface area contributed by atoms with E-state index in [9.17, 15) is 18.4 Å². The van der Waals surface area contributed by atoms with E-state index in [-0.39, 0.29) is 11.8 Å². The molecule has 0 fully saturated rings. The summed E-state index contributed by atoms with van der Waals surface area (Å²) in [5.74, 6) is 1.34. The summed E-state index contributed by atoms with van der Waals surface area (Å²) in [5.41, 5.74) is -0.675. The van der Waals surface area contributed by atoms with Gasteiger partial charge in [-0.1, -0.05) is 11.8 Å². The third-order valence-corrected chi connectivity index (χ3v) is 1.67. The second-order valence-corrected chi connectivity index (χ2v) is 2.84. The van der Waals surface area contributed by atoms with Gasteiger partial charge < -0.3 is 5.11 Å². The number of halogens is 2. The van der Waals surface area contributed by atoms with E-state index in [1.54, 1.807) is 0 Å². The Hall–Kier alpha value is -2.22. The summed E-state index contributed by atoms with van der Waals surface area (Å²) in [7, 11) is 0. The summed E-state index contributed by atoms with van der Waals surface area (Å²) in [6, 6.07) is 1.75. The van der Waals surface area contributed by atoms with Crippen LogP contribution >= 0.6 is 0 Å². The molecule has 0 aromatic heterocycles. The van der Waals surface area contributed by atoms with Crippen molar-refractivity contribution in [2.24, 2.45) is 0 Å². The van der Waals surface area contributed by atoms with Gasteiger partial charge in [-0.3, -0.25) is 9.59 Å². The first-order valence-corrected chi connectivity index (χ1v) is 4.19. The van der Waals surface area contributed by atoms with Gasteiger partial charge in [0.2, 0.25) is 0 Å². The molecule has 0 aliphatic heterocycles. The highest BCUT2D eigenvalue weighted by molar-refractivity contribution is 5.76. The molecule has 3 nitrogen and oxygen atoms in total. The van der Waals surface area contributed by atoms with Crippen LogP contribution in [0.5, 0.6) is 0 Å². The summed E-state index contributed by atoms with van der Waals surface area (Å²) in [4.78, 5) is 20.4. The van der Waals surface area contributed by atoms with Crippen LogP contribution in [0.15, 0.2) is 12.1 Å². The summed E-state index contributed by atoms with van der Waals surface area (Å²) in [5, 5.41) is 8.29. The fourth-order valence-electron chi connectivity index (χ4n) is 0.991. The Kier molecular flexibility index (Phi) is 3.72. The number of aliphatic carboxylic acids is 1. The molecule has 0 unspecified atom stereocenters. The van der Waals surface area contributed by atoms with Crippen LogP contribution in [0.1, 0.15) is 22.3 Å². The van der Waals surface area contributed by atoms with Crippen molar-refractivity contribution in [3.8, 4) is 11.8 Å². The fourth-order valence-corrected chi connectivity index (χ4v) is 0.991. The SMILES string of the molecule is O=Cc1c(F)cc(C#CCC(=O)O)cc1F. The van der Waals surface area contributed by atoms with E-state index >= 15 is 0 Å². The van der Waals surface area contributed by atoms with Crippen molar-refractivity contribution in [1.29, 1.82) is 0 Å². The number of aldehydes is 1. The van der Waals surface area contributed by atoms with E-state index in [4.69, 9.17) is 5.11 Å². The van der Waals surface area contributed by atoms with Crippen LogP contribution < -0.4 is 0 Å². The summed E-state index contributed by atoms with van der Waals surface area (Å²) >= 11 is 0. The quantitative estimate of drug-likeness (QED) is 0.613. The van der Waals surface area contributed by atoms with Crippen LogP contribution in [0.4, 0.5) is 8.78 Å². The third-order valence-electron chi connectivity index (χ3n) is 1.67. The molecular formula is C11H6F2O3. The molecule has 1 N–H and O–H groups in total. The predicted molar refractivity (Wildman–Crippen MR) is 50.9 cm³/mol. The first kappa shape index (κ1) is 11.9. The van der Waals surface area contributed by atoms with Gasteiger partial charge in [0, 0.05) is 5.56 Å². The normalized spacial score (nSPS) is 9.12. The standard InChI is InChI=1S/C11H6F2O3/c12-9-4-7(2-1-3-11(15)16)5-10(13)8(9)6-14/h4-6H,3H2,(H,15,16). The average molecular weight is 224 g/mol. The van der Waals surface area contributed by atoms with E-state index in [2.05, 4.69) is 11.8 Å². The van der Waals surface area contributed by atoms with Crippen LogP contribution in [0.3, 0.4) is 0 Å².